The SMILES string of the molecule is CC(C)C[NH3+].[Cl-]. The van der Waals surface area contributed by atoms with Crippen LogP contribution in [0.15, 0.2) is 0 Å². The van der Waals surface area contributed by atoms with Crippen LogP contribution in [0.2, 0.25) is 0 Å². The predicted octanol–water partition coefficient (Wildman–Crippen LogP) is -3.11. The van der Waals surface area contributed by atoms with Gasteiger partial charge in [0.15, 0.2) is 0 Å². The van der Waals surface area contributed by atoms with Gasteiger partial charge in [0.2, 0.25) is 0 Å². The normalized spacial score (nSPS) is 8.00. The van der Waals surface area contributed by atoms with Gasteiger partial charge in [-0.05, 0) is 0 Å². The highest BCUT2D eigenvalue weighted by molar-refractivity contribution is 4.30. The summed E-state index contributed by atoms with van der Waals surface area (Å²) in [4.78, 5) is 0. The molecule has 0 unspecified atom stereocenters. The van der Waals surface area contributed by atoms with E-state index in [2.05, 4.69) is 19.6 Å². The van der Waals surface area contributed by atoms with Crippen LogP contribution >= 0.6 is 0 Å². The predicted molar refractivity (Wildman–Crippen MR) is 22.6 cm³/mol. The third-order valence-corrected chi connectivity index (χ3v) is 0.577. The minimum atomic E-state index is 0. The molecule has 0 radical (unpaired) electrons. The molecule has 0 bridgehead atoms. The van der Waals surface area contributed by atoms with Gasteiger partial charge in [-0.25, -0.2) is 0 Å². The number of hydrogen-bond acceptors (Lipinski definition) is 0. The zero-order chi connectivity index (χ0) is 4.28. The molecule has 0 aromatic carbocycles. The first-order chi connectivity index (χ1) is 2.27. The minimum absolute atomic E-state index is 0. The van der Waals surface area contributed by atoms with E-state index in [0.717, 1.165) is 12.5 Å². The lowest BCUT2D eigenvalue weighted by Crippen LogP contribution is -3.00. The monoisotopic (exact) mass is 109 g/mol. The van der Waals surface area contributed by atoms with Crippen molar-refractivity contribution in [2.75, 3.05) is 6.54 Å². The van der Waals surface area contributed by atoms with E-state index < -0.39 is 0 Å². The summed E-state index contributed by atoms with van der Waals surface area (Å²) in [5.41, 5.74) is 3.69. The molecule has 0 saturated carbocycles. The van der Waals surface area contributed by atoms with Crippen LogP contribution in [0.4, 0.5) is 0 Å². The van der Waals surface area contributed by atoms with Crippen LogP contribution in [-0.2, 0) is 0 Å². The van der Waals surface area contributed by atoms with Crippen LogP contribution < -0.4 is 18.1 Å². The van der Waals surface area contributed by atoms with Crippen molar-refractivity contribution in [2.45, 2.75) is 13.8 Å². The Morgan fingerprint density at radius 3 is 1.67 bits per heavy atom. The molecular weight excluding hydrogens is 97.5 g/mol. The first-order valence-corrected chi connectivity index (χ1v) is 2.06. The van der Waals surface area contributed by atoms with E-state index in [9.17, 15) is 0 Å². The lowest BCUT2D eigenvalue weighted by Gasteiger charge is -1.87. The minimum Gasteiger partial charge on any atom is -1.00 e. The Labute approximate surface area is 45.3 Å². The highest BCUT2D eigenvalue weighted by Crippen LogP contribution is 1.79. The Hall–Kier alpha value is 0.250. The summed E-state index contributed by atoms with van der Waals surface area (Å²) in [6.45, 7) is 5.38. The molecule has 0 saturated heterocycles. The van der Waals surface area contributed by atoms with Crippen LogP contribution in [0, 0.1) is 5.92 Å². The lowest BCUT2D eigenvalue weighted by atomic mass is 10.2. The number of hydrogen-bond donors (Lipinski definition) is 1. The van der Waals surface area contributed by atoms with Gasteiger partial charge in [-0.1, -0.05) is 13.8 Å². The molecular formula is C4H12ClN. The van der Waals surface area contributed by atoms with Crippen LogP contribution in [0.3, 0.4) is 0 Å². The molecule has 0 spiro atoms. The molecule has 2 heteroatoms. The summed E-state index contributed by atoms with van der Waals surface area (Å²) in [6, 6.07) is 0. The first kappa shape index (κ1) is 9.54. The second-order valence-electron chi connectivity index (χ2n) is 1.68. The van der Waals surface area contributed by atoms with E-state index >= 15 is 0 Å². The van der Waals surface area contributed by atoms with Crippen molar-refractivity contribution < 1.29 is 18.1 Å². The highest BCUT2D eigenvalue weighted by atomic mass is 35.5. The fourth-order valence-electron chi connectivity index (χ4n) is 0. The molecule has 0 amide bonds. The summed E-state index contributed by atoms with van der Waals surface area (Å²) in [5.74, 6) is 0.773. The fourth-order valence-corrected chi connectivity index (χ4v) is 0. The van der Waals surface area contributed by atoms with Crippen LogP contribution in [0.1, 0.15) is 13.8 Å². The molecule has 0 rings (SSSR count). The zero-order valence-corrected chi connectivity index (χ0v) is 5.13. The fraction of sp³-hybridized carbons (Fsp3) is 1.00. The van der Waals surface area contributed by atoms with E-state index in [0.29, 0.717) is 0 Å². The largest absolute Gasteiger partial charge is 1.00 e. The Morgan fingerprint density at radius 2 is 1.67 bits per heavy atom. The third kappa shape index (κ3) is 8.87. The molecule has 1 nitrogen and oxygen atoms in total. The summed E-state index contributed by atoms with van der Waals surface area (Å²) >= 11 is 0. The molecule has 0 atom stereocenters. The number of halogens is 1. The number of rotatable bonds is 1. The second kappa shape index (κ2) is 5.25. The van der Waals surface area contributed by atoms with Crippen LogP contribution in [0.5, 0.6) is 0 Å². The molecule has 0 aliphatic rings. The molecule has 0 aliphatic heterocycles. The van der Waals surface area contributed by atoms with Gasteiger partial charge in [0, 0.05) is 5.92 Å². The van der Waals surface area contributed by atoms with E-state index in [1.165, 1.54) is 0 Å². The van der Waals surface area contributed by atoms with Gasteiger partial charge < -0.3 is 18.1 Å². The molecule has 0 aromatic rings. The molecule has 0 aliphatic carbocycles. The van der Waals surface area contributed by atoms with Crippen LogP contribution in [-0.4, -0.2) is 6.54 Å². The van der Waals surface area contributed by atoms with Crippen molar-refractivity contribution in [1.29, 1.82) is 0 Å². The van der Waals surface area contributed by atoms with Gasteiger partial charge in [-0.2, -0.15) is 0 Å². The molecule has 0 heterocycles. The Morgan fingerprint density at radius 1 is 1.50 bits per heavy atom. The van der Waals surface area contributed by atoms with Crippen molar-refractivity contribution >= 4 is 0 Å². The summed E-state index contributed by atoms with van der Waals surface area (Å²) in [7, 11) is 0. The average molecular weight is 110 g/mol. The van der Waals surface area contributed by atoms with Gasteiger partial charge in [-0.15, -0.1) is 0 Å². The maximum Gasteiger partial charge on any atom is 0.0763 e. The topological polar surface area (TPSA) is 27.6 Å². The van der Waals surface area contributed by atoms with E-state index in [1.807, 2.05) is 0 Å². The molecule has 40 valence electrons. The highest BCUT2D eigenvalue weighted by Gasteiger charge is 1.83. The first-order valence-electron chi connectivity index (χ1n) is 2.06. The Balaban J connectivity index is 0. The van der Waals surface area contributed by atoms with Gasteiger partial charge in [0.1, 0.15) is 0 Å². The second-order valence-corrected chi connectivity index (χ2v) is 1.68. The standard InChI is InChI=1S/C4H11N.ClH/c1-4(2)3-5;/h4H,3,5H2,1-2H3;1H. The smallest absolute Gasteiger partial charge is 0.0763 e. The Kier molecular flexibility index (Phi) is 8.35. The van der Waals surface area contributed by atoms with Gasteiger partial charge in [-0.3, -0.25) is 0 Å². The van der Waals surface area contributed by atoms with E-state index in [1.54, 1.807) is 0 Å². The summed E-state index contributed by atoms with van der Waals surface area (Å²) in [5, 5.41) is 0. The van der Waals surface area contributed by atoms with Gasteiger partial charge in [0.25, 0.3) is 0 Å². The molecule has 3 N–H and O–H groups in total. The summed E-state index contributed by atoms with van der Waals surface area (Å²) < 4.78 is 0. The van der Waals surface area contributed by atoms with Crippen molar-refractivity contribution in [3.8, 4) is 0 Å². The molecule has 0 fully saturated rings. The number of quaternary nitrogens is 1. The lowest BCUT2D eigenvalue weighted by molar-refractivity contribution is -0.376. The van der Waals surface area contributed by atoms with Crippen molar-refractivity contribution in [1.82, 2.24) is 0 Å². The maximum absolute atomic E-state index is 3.69. The molecule has 0 aromatic heterocycles. The van der Waals surface area contributed by atoms with Crippen molar-refractivity contribution in [3.05, 3.63) is 0 Å². The maximum atomic E-state index is 3.69. The quantitative estimate of drug-likeness (QED) is 0.369. The van der Waals surface area contributed by atoms with Gasteiger partial charge in [0.05, 0.1) is 6.54 Å². The van der Waals surface area contributed by atoms with Crippen molar-refractivity contribution in [2.24, 2.45) is 5.92 Å². The zero-order valence-electron chi connectivity index (χ0n) is 4.37. The van der Waals surface area contributed by atoms with E-state index in [4.69, 9.17) is 0 Å². The third-order valence-electron chi connectivity index (χ3n) is 0.577. The van der Waals surface area contributed by atoms with E-state index in [-0.39, 0.29) is 12.4 Å². The summed E-state index contributed by atoms with van der Waals surface area (Å²) in [6.07, 6.45) is 0. The van der Waals surface area contributed by atoms with Crippen molar-refractivity contribution in [3.63, 3.8) is 0 Å². The van der Waals surface area contributed by atoms with Gasteiger partial charge >= 0.3 is 0 Å². The van der Waals surface area contributed by atoms with Crippen LogP contribution in [0.25, 0.3) is 0 Å². The molecule has 6 heavy (non-hydrogen) atoms. The Bertz CT molecular complexity index is 21.5. The average Bonchev–Trinajstić information content (AvgIpc) is 1.38.